The van der Waals surface area contributed by atoms with Crippen molar-refractivity contribution in [2.75, 3.05) is 0 Å². The number of nitrogens with one attached hydrogen (secondary N) is 1. The molecule has 6 nitrogen and oxygen atoms in total. The number of nitrogen functional groups attached to an aromatic ring is 1. The molecular weight excluding hydrogens is 206 g/mol. The van der Waals surface area contributed by atoms with Gasteiger partial charge in [-0.25, -0.2) is 5.84 Å². The van der Waals surface area contributed by atoms with Gasteiger partial charge in [0.2, 0.25) is 5.82 Å². The average Bonchev–Trinajstić information content (AvgIpc) is 2.62. The molecule has 0 saturated carbocycles. The van der Waals surface area contributed by atoms with E-state index in [1.165, 1.54) is 4.40 Å². The first-order chi connectivity index (χ1) is 6.74. The van der Waals surface area contributed by atoms with Gasteiger partial charge in [0.15, 0.2) is 5.65 Å². The lowest BCUT2D eigenvalue weighted by atomic mass is 10.4. The van der Waals surface area contributed by atoms with Crippen LogP contribution in [0.4, 0.5) is 0 Å². The summed E-state index contributed by atoms with van der Waals surface area (Å²) in [4.78, 5) is 11.2. The summed E-state index contributed by atoms with van der Waals surface area (Å²) in [5.41, 5.74) is 2.40. The Bertz CT molecular complexity index is 494. The topological polar surface area (TPSA) is 85.3 Å². The SMILES string of the molecule is NNC(=O)c1nnc2c(Cl)cccn12. The second kappa shape index (κ2) is 3.24. The number of aromatic nitrogens is 3. The standard InChI is InChI=1S/C7H6ClN5O/c8-4-2-1-3-13-5(4)11-12-6(13)7(14)10-9/h1-3H,9H2,(H,10,14). The van der Waals surface area contributed by atoms with Crippen molar-refractivity contribution in [2.45, 2.75) is 0 Å². The lowest BCUT2D eigenvalue weighted by Gasteiger charge is -1.97. The largest absolute Gasteiger partial charge is 0.303 e. The highest BCUT2D eigenvalue weighted by molar-refractivity contribution is 6.33. The molecule has 0 aliphatic rings. The second-order valence-corrected chi connectivity index (χ2v) is 2.95. The Morgan fingerprint density at radius 3 is 3.07 bits per heavy atom. The molecule has 2 heterocycles. The number of carbonyl (C=O) groups excluding carboxylic acids is 1. The van der Waals surface area contributed by atoms with Gasteiger partial charge in [0.1, 0.15) is 0 Å². The molecule has 0 aliphatic carbocycles. The zero-order chi connectivity index (χ0) is 10.1. The van der Waals surface area contributed by atoms with Crippen LogP contribution in [0.15, 0.2) is 18.3 Å². The lowest BCUT2D eigenvalue weighted by molar-refractivity contribution is 0.0942. The Kier molecular flexibility index (Phi) is 2.06. The van der Waals surface area contributed by atoms with Crippen LogP contribution in [0, 0.1) is 0 Å². The summed E-state index contributed by atoms with van der Waals surface area (Å²) in [6, 6.07) is 3.35. The van der Waals surface area contributed by atoms with Crippen molar-refractivity contribution in [2.24, 2.45) is 5.84 Å². The van der Waals surface area contributed by atoms with Gasteiger partial charge in [0.05, 0.1) is 5.02 Å². The monoisotopic (exact) mass is 211 g/mol. The molecular formula is C7H6ClN5O. The first-order valence-electron chi connectivity index (χ1n) is 3.74. The van der Waals surface area contributed by atoms with E-state index in [4.69, 9.17) is 17.4 Å². The third-order valence-electron chi connectivity index (χ3n) is 1.72. The first kappa shape index (κ1) is 8.92. The smallest absolute Gasteiger partial charge is 0.287 e. The molecule has 2 rings (SSSR count). The van der Waals surface area contributed by atoms with E-state index in [-0.39, 0.29) is 5.82 Å². The molecule has 2 aromatic heterocycles. The van der Waals surface area contributed by atoms with E-state index in [0.29, 0.717) is 10.7 Å². The number of carbonyl (C=O) groups is 1. The summed E-state index contributed by atoms with van der Waals surface area (Å²) in [6.45, 7) is 0. The molecule has 0 bridgehead atoms. The van der Waals surface area contributed by atoms with Crippen LogP contribution in [0.3, 0.4) is 0 Å². The van der Waals surface area contributed by atoms with Crippen LogP contribution < -0.4 is 11.3 Å². The molecule has 0 fully saturated rings. The van der Waals surface area contributed by atoms with E-state index in [0.717, 1.165) is 0 Å². The Labute approximate surface area is 83.6 Å². The maximum absolute atomic E-state index is 11.2. The first-order valence-corrected chi connectivity index (χ1v) is 4.12. The highest BCUT2D eigenvalue weighted by Crippen LogP contribution is 2.14. The number of nitrogens with zero attached hydrogens (tertiary/aromatic N) is 3. The van der Waals surface area contributed by atoms with Crippen LogP contribution in [0.25, 0.3) is 5.65 Å². The van der Waals surface area contributed by atoms with Gasteiger partial charge in [-0.15, -0.1) is 10.2 Å². The highest BCUT2D eigenvalue weighted by Gasteiger charge is 2.13. The van der Waals surface area contributed by atoms with Crippen LogP contribution in [0.5, 0.6) is 0 Å². The summed E-state index contributed by atoms with van der Waals surface area (Å²) in [5, 5.41) is 7.84. The lowest BCUT2D eigenvalue weighted by Crippen LogP contribution is -2.31. The summed E-state index contributed by atoms with van der Waals surface area (Å²) < 4.78 is 1.46. The second-order valence-electron chi connectivity index (χ2n) is 2.55. The number of fused-ring (bicyclic) bond motifs is 1. The quantitative estimate of drug-likeness (QED) is 0.395. The fourth-order valence-electron chi connectivity index (χ4n) is 1.10. The molecule has 0 aromatic carbocycles. The Morgan fingerprint density at radius 2 is 2.36 bits per heavy atom. The van der Waals surface area contributed by atoms with Crippen LogP contribution in [0.1, 0.15) is 10.6 Å². The van der Waals surface area contributed by atoms with Crippen molar-refractivity contribution < 1.29 is 4.79 Å². The Morgan fingerprint density at radius 1 is 1.57 bits per heavy atom. The summed E-state index contributed by atoms with van der Waals surface area (Å²) in [6.07, 6.45) is 1.63. The number of rotatable bonds is 1. The van der Waals surface area contributed by atoms with Crippen molar-refractivity contribution in [3.63, 3.8) is 0 Å². The Balaban J connectivity index is 2.70. The van der Waals surface area contributed by atoms with E-state index >= 15 is 0 Å². The number of hydrogen-bond acceptors (Lipinski definition) is 4. The minimum absolute atomic E-state index is 0.102. The molecule has 2 aromatic rings. The molecule has 0 aliphatic heterocycles. The van der Waals surface area contributed by atoms with Crippen LogP contribution in [0.2, 0.25) is 5.02 Å². The summed E-state index contributed by atoms with van der Waals surface area (Å²) >= 11 is 5.83. The minimum Gasteiger partial charge on any atom is -0.287 e. The molecule has 0 atom stereocenters. The molecule has 0 unspecified atom stereocenters. The number of nitrogens with two attached hydrogens (primary N) is 1. The number of amides is 1. The van der Waals surface area contributed by atoms with Crippen molar-refractivity contribution in [1.82, 2.24) is 20.0 Å². The molecule has 0 radical (unpaired) electrons. The molecule has 7 heteroatoms. The number of hydrogen-bond donors (Lipinski definition) is 2. The molecule has 0 spiro atoms. The summed E-state index contributed by atoms with van der Waals surface area (Å²) in [5.74, 6) is 4.57. The zero-order valence-electron chi connectivity index (χ0n) is 6.94. The fourth-order valence-corrected chi connectivity index (χ4v) is 1.30. The average molecular weight is 212 g/mol. The molecule has 3 N–H and O–H groups in total. The maximum Gasteiger partial charge on any atom is 0.303 e. The predicted molar refractivity (Wildman–Crippen MR) is 49.7 cm³/mol. The third-order valence-corrected chi connectivity index (χ3v) is 2.02. The predicted octanol–water partition coefficient (Wildman–Crippen LogP) is -0.0138. The van der Waals surface area contributed by atoms with Gasteiger partial charge in [-0.2, -0.15) is 0 Å². The minimum atomic E-state index is -0.514. The van der Waals surface area contributed by atoms with Crippen LogP contribution in [-0.4, -0.2) is 20.5 Å². The molecule has 1 amide bonds. The molecule has 14 heavy (non-hydrogen) atoms. The fraction of sp³-hybridized carbons (Fsp3) is 0. The van der Waals surface area contributed by atoms with Crippen molar-refractivity contribution in [1.29, 1.82) is 0 Å². The van der Waals surface area contributed by atoms with E-state index in [1.54, 1.807) is 18.3 Å². The molecule has 0 saturated heterocycles. The van der Waals surface area contributed by atoms with Crippen LogP contribution >= 0.6 is 11.6 Å². The van der Waals surface area contributed by atoms with E-state index in [9.17, 15) is 4.79 Å². The normalized spacial score (nSPS) is 10.4. The van der Waals surface area contributed by atoms with Gasteiger partial charge >= 0.3 is 5.91 Å². The van der Waals surface area contributed by atoms with Gasteiger partial charge in [0, 0.05) is 6.20 Å². The van der Waals surface area contributed by atoms with Crippen molar-refractivity contribution >= 4 is 23.2 Å². The van der Waals surface area contributed by atoms with E-state index in [1.807, 2.05) is 5.43 Å². The van der Waals surface area contributed by atoms with Gasteiger partial charge in [-0.1, -0.05) is 11.6 Å². The van der Waals surface area contributed by atoms with E-state index in [2.05, 4.69) is 10.2 Å². The van der Waals surface area contributed by atoms with Gasteiger partial charge in [-0.3, -0.25) is 14.6 Å². The number of halogens is 1. The maximum atomic E-state index is 11.2. The number of pyridine rings is 1. The Hall–Kier alpha value is -1.66. The summed E-state index contributed by atoms with van der Waals surface area (Å²) in [7, 11) is 0. The highest BCUT2D eigenvalue weighted by atomic mass is 35.5. The van der Waals surface area contributed by atoms with Gasteiger partial charge in [-0.05, 0) is 12.1 Å². The van der Waals surface area contributed by atoms with Crippen molar-refractivity contribution in [3.8, 4) is 0 Å². The number of hydrazine groups is 1. The zero-order valence-corrected chi connectivity index (χ0v) is 7.69. The van der Waals surface area contributed by atoms with Gasteiger partial charge in [0.25, 0.3) is 0 Å². The van der Waals surface area contributed by atoms with Gasteiger partial charge < -0.3 is 0 Å². The molecule has 72 valence electrons. The van der Waals surface area contributed by atoms with Crippen molar-refractivity contribution in [3.05, 3.63) is 29.2 Å². The van der Waals surface area contributed by atoms with Crippen LogP contribution in [-0.2, 0) is 0 Å². The van der Waals surface area contributed by atoms with E-state index < -0.39 is 5.91 Å². The third kappa shape index (κ3) is 1.21.